The highest BCUT2D eigenvalue weighted by molar-refractivity contribution is 5.81. The number of hydrogen-bond acceptors (Lipinski definition) is 8. The van der Waals surface area contributed by atoms with Crippen LogP contribution in [0.25, 0.3) is 0 Å². The van der Waals surface area contributed by atoms with E-state index in [2.05, 4.69) is 15.1 Å². The summed E-state index contributed by atoms with van der Waals surface area (Å²) in [6, 6.07) is 11.7. The number of hydrogen-bond donors (Lipinski definition) is 2. The van der Waals surface area contributed by atoms with E-state index in [4.69, 9.17) is 19.9 Å². The summed E-state index contributed by atoms with van der Waals surface area (Å²) in [6.07, 6.45) is 2.83. The minimum absolute atomic E-state index is 0.203. The van der Waals surface area contributed by atoms with Crippen molar-refractivity contribution in [3.63, 3.8) is 0 Å². The average molecular weight is 471 g/mol. The van der Waals surface area contributed by atoms with Crippen molar-refractivity contribution < 1.29 is 33.6 Å². The molecule has 0 bridgehead atoms. The molecule has 0 spiro atoms. The van der Waals surface area contributed by atoms with Crippen LogP contribution in [0.4, 0.5) is 10.5 Å². The lowest BCUT2D eigenvalue weighted by molar-refractivity contribution is -0.256. The lowest BCUT2D eigenvalue weighted by Crippen LogP contribution is -2.43. The van der Waals surface area contributed by atoms with Gasteiger partial charge in [0.1, 0.15) is 12.1 Å². The van der Waals surface area contributed by atoms with Crippen LogP contribution in [-0.2, 0) is 31.1 Å². The first-order valence-corrected chi connectivity index (χ1v) is 10.9. The lowest BCUT2D eigenvalue weighted by atomic mass is 9.77. The number of rotatable bonds is 9. The van der Waals surface area contributed by atoms with Crippen molar-refractivity contribution in [2.45, 2.75) is 44.2 Å². The number of alkyl carbamates (subject to hydrolysis) is 1. The number of carbonyl (C=O) groups excluding carboxylic acids is 2. The van der Waals surface area contributed by atoms with Crippen LogP contribution >= 0.6 is 0 Å². The van der Waals surface area contributed by atoms with Gasteiger partial charge < -0.3 is 25.3 Å². The number of carbonyl (C=O) groups is 2. The Morgan fingerprint density at radius 1 is 1.21 bits per heavy atom. The Morgan fingerprint density at radius 2 is 1.94 bits per heavy atom. The van der Waals surface area contributed by atoms with E-state index in [1.54, 1.807) is 25.3 Å². The molecule has 1 aliphatic heterocycles. The molecule has 0 saturated heterocycles. The molecule has 1 amide bonds. The fourth-order valence-corrected chi connectivity index (χ4v) is 4.13. The maximum absolute atomic E-state index is 12.5. The second kappa shape index (κ2) is 10.9. The molecule has 1 aliphatic rings. The molecule has 1 heterocycles. The van der Waals surface area contributed by atoms with Gasteiger partial charge in [-0.3, -0.25) is 4.89 Å². The zero-order chi connectivity index (χ0) is 24.7. The monoisotopic (exact) mass is 470 g/mol. The maximum atomic E-state index is 12.5. The second-order valence-corrected chi connectivity index (χ2v) is 8.02. The fraction of sp³-hybridized carbons (Fsp3) is 0.360. The van der Waals surface area contributed by atoms with Crippen LogP contribution in [0.3, 0.4) is 0 Å². The number of fused-ring (bicyclic) bond motifs is 1. The number of nitrogens with one attached hydrogen (secondary N) is 1. The topological polar surface area (TPSA) is 118 Å². The molecule has 9 heteroatoms. The number of ether oxygens (including phenoxy) is 3. The summed E-state index contributed by atoms with van der Waals surface area (Å²) in [5.41, 5.74) is 7.75. The minimum atomic E-state index is -1.00. The summed E-state index contributed by atoms with van der Waals surface area (Å²) < 4.78 is 16.8. The number of benzene rings is 2. The highest BCUT2D eigenvalue weighted by Gasteiger charge is 2.45. The third-order valence-corrected chi connectivity index (χ3v) is 5.83. The van der Waals surface area contributed by atoms with Gasteiger partial charge in [0, 0.05) is 17.7 Å². The third kappa shape index (κ3) is 5.26. The van der Waals surface area contributed by atoms with Crippen molar-refractivity contribution in [3.05, 3.63) is 65.9 Å². The number of nitrogens with two attached hydrogens (primary N) is 1. The molecule has 2 aromatic rings. The third-order valence-electron chi connectivity index (χ3n) is 5.83. The first-order chi connectivity index (χ1) is 16.3. The van der Waals surface area contributed by atoms with Crippen LogP contribution in [0.1, 0.15) is 31.4 Å². The van der Waals surface area contributed by atoms with Gasteiger partial charge in [0.15, 0.2) is 11.5 Å². The van der Waals surface area contributed by atoms with E-state index in [0.717, 1.165) is 11.1 Å². The van der Waals surface area contributed by atoms with E-state index < -0.39 is 23.5 Å². The molecule has 0 aromatic heterocycles. The number of amides is 1. The van der Waals surface area contributed by atoms with E-state index in [9.17, 15) is 9.59 Å². The van der Waals surface area contributed by atoms with Gasteiger partial charge in [-0.1, -0.05) is 37.3 Å². The van der Waals surface area contributed by atoms with Gasteiger partial charge in [0.2, 0.25) is 0 Å². The van der Waals surface area contributed by atoms with E-state index in [1.807, 2.05) is 44.2 Å². The summed E-state index contributed by atoms with van der Waals surface area (Å²) in [5, 5.41) is 2.52. The Kier molecular flexibility index (Phi) is 8.01. The van der Waals surface area contributed by atoms with Crippen molar-refractivity contribution in [2.75, 3.05) is 20.0 Å². The van der Waals surface area contributed by atoms with E-state index >= 15 is 0 Å². The van der Waals surface area contributed by atoms with Crippen LogP contribution in [0.2, 0.25) is 0 Å². The van der Waals surface area contributed by atoms with Crippen molar-refractivity contribution in [1.29, 1.82) is 0 Å². The first kappa shape index (κ1) is 24.9. The molecule has 182 valence electrons. The summed E-state index contributed by atoms with van der Waals surface area (Å²) in [7, 11) is 2.78. The van der Waals surface area contributed by atoms with E-state index in [0.29, 0.717) is 23.6 Å². The second-order valence-electron chi connectivity index (χ2n) is 8.02. The Labute approximate surface area is 198 Å². The quantitative estimate of drug-likeness (QED) is 0.247. The molecule has 3 atom stereocenters. The molecule has 3 unspecified atom stereocenters. The zero-order valence-electron chi connectivity index (χ0n) is 19.7. The van der Waals surface area contributed by atoms with Crippen molar-refractivity contribution in [3.8, 4) is 11.5 Å². The standard InChI is InChI=1S/C25H30N2O7/c1-5-20-25(2,21-17(26)11-12-19(30-3)22(21)33-20)13-14-32-24(29)27-18(23(28)34-31-4)15-16-9-7-6-8-10-16/h6-14,18,20H,5,15,26H2,1-4H3,(H,27,29)/b14-13-. The summed E-state index contributed by atoms with van der Waals surface area (Å²) in [5.74, 6) is 0.415. The van der Waals surface area contributed by atoms with Gasteiger partial charge in [-0.05, 0) is 37.1 Å². The predicted octanol–water partition coefficient (Wildman–Crippen LogP) is 3.66. The van der Waals surface area contributed by atoms with Gasteiger partial charge in [-0.15, -0.1) is 0 Å². The van der Waals surface area contributed by atoms with Gasteiger partial charge in [0.05, 0.1) is 25.9 Å². The molecule has 9 nitrogen and oxygen atoms in total. The highest BCUT2D eigenvalue weighted by Crippen LogP contribution is 2.52. The molecule has 3 rings (SSSR count). The first-order valence-electron chi connectivity index (χ1n) is 10.9. The van der Waals surface area contributed by atoms with Crippen LogP contribution in [0.15, 0.2) is 54.8 Å². The average Bonchev–Trinajstić information content (AvgIpc) is 3.13. The molecular formula is C25H30N2O7. The SMILES string of the molecule is CCC1Oc2c(OC)ccc(N)c2C1(C)/C=C\OC(=O)NC(Cc1ccccc1)C(=O)OOC. The highest BCUT2D eigenvalue weighted by atomic mass is 17.2. The molecule has 34 heavy (non-hydrogen) atoms. The van der Waals surface area contributed by atoms with Crippen LogP contribution < -0.4 is 20.5 Å². The lowest BCUT2D eigenvalue weighted by Gasteiger charge is -2.26. The summed E-state index contributed by atoms with van der Waals surface area (Å²) >= 11 is 0. The fourth-order valence-electron chi connectivity index (χ4n) is 4.13. The van der Waals surface area contributed by atoms with Crippen LogP contribution in [-0.4, -0.2) is 38.4 Å². The van der Waals surface area contributed by atoms with Gasteiger partial charge >= 0.3 is 12.1 Å². The minimum Gasteiger partial charge on any atom is -0.493 e. The predicted molar refractivity (Wildman–Crippen MR) is 125 cm³/mol. The molecular weight excluding hydrogens is 440 g/mol. The number of methoxy groups -OCH3 is 1. The summed E-state index contributed by atoms with van der Waals surface area (Å²) in [4.78, 5) is 33.8. The van der Waals surface area contributed by atoms with Crippen LogP contribution in [0, 0.1) is 0 Å². The zero-order valence-corrected chi connectivity index (χ0v) is 19.7. The van der Waals surface area contributed by atoms with Gasteiger partial charge in [0.25, 0.3) is 0 Å². The summed E-state index contributed by atoms with van der Waals surface area (Å²) in [6.45, 7) is 3.95. The Bertz CT molecular complexity index is 1040. The Hall–Kier alpha value is -3.72. The van der Waals surface area contributed by atoms with Crippen LogP contribution in [0.5, 0.6) is 11.5 Å². The largest absolute Gasteiger partial charge is 0.493 e. The maximum Gasteiger partial charge on any atom is 0.412 e. The molecule has 3 N–H and O–H groups in total. The van der Waals surface area contributed by atoms with Gasteiger partial charge in [-0.2, -0.15) is 4.89 Å². The number of nitrogen functional groups attached to an aromatic ring is 1. The van der Waals surface area contributed by atoms with Crippen molar-refractivity contribution in [1.82, 2.24) is 5.32 Å². The smallest absolute Gasteiger partial charge is 0.412 e. The normalized spacial score (nSPS) is 19.7. The van der Waals surface area contributed by atoms with Crippen molar-refractivity contribution in [2.24, 2.45) is 0 Å². The molecule has 2 aromatic carbocycles. The molecule has 0 fully saturated rings. The van der Waals surface area contributed by atoms with E-state index in [1.165, 1.54) is 13.4 Å². The molecule has 0 radical (unpaired) electrons. The van der Waals surface area contributed by atoms with Crippen molar-refractivity contribution >= 4 is 17.7 Å². The van der Waals surface area contributed by atoms with E-state index in [-0.39, 0.29) is 12.5 Å². The van der Waals surface area contributed by atoms with Gasteiger partial charge in [-0.25, -0.2) is 9.59 Å². The molecule has 0 aliphatic carbocycles. The molecule has 0 saturated carbocycles. The Morgan fingerprint density at radius 3 is 2.59 bits per heavy atom. The Balaban J connectivity index is 1.74. The number of anilines is 1.